The van der Waals surface area contributed by atoms with Gasteiger partial charge >= 0.3 is 0 Å². The number of ether oxygens (including phenoxy) is 2. The average molecular weight is 376 g/mol. The lowest BCUT2D eigenvalue weighted by atomic mass is 10.1. The van der Waals surface area contributed by atoms with E-state index in [2.05, 4.69) is 0 Å². The fourth-order valence-electron chi connectivity index (χ4n) is 2.81. The Bertz CT molecular complexity index is 781. The van der Waals surface area contributed by atoms with Crippen molar-refractivity contribution in [1.82, 2.24) is 0 Å². The Morgan fingerprint density at radius 2 is 1.81 bits per heavy atom. The van der Waals surface area contributed by atoms with Gasteiger partial charge in [0.25, 0.3) is 10.1 Å². The highest BCUT2D eigenvalue weighted by molar-refractivity contribution is 7.86. The smallest absolute Gasteiger partial charge is 0.297 e. The summed E-state index contributed by atoms with van der Waals surface area (Å²) in [5.74, 6) is 0. The quantitative estimate of drug-likeness (QED) is 0.684. The number of rotatable bonds is 7. The Hall–Kier alpha value is -1.73. The molecule has 5 nitrogen and oxygen atoms in total. The highest BCUT2D eigenvalue weighted by atomic mass is 32.2. The minimum atomic E-state index is -3.84. The van der Waals surface area contributed by atoms with Crippen molar-refractivity contribution >= 4 is 10.1 Å². The fourth-order valence-corrected chi connectivity index (χ4v) is 3.72. The summed E-state index contributed by atoms with van der Waals surface area (Å²) in [6.07, 6.45) is 2.01. The van der Waals surface area contributed by atoms with Gasteiger partial charge in [0.05, 0.1) is 11.5 Å². The van der Waals surface area contributed by atoms with Crippen molar-refractivity contribution in [1.29, 1.82) is 0 Å². The maximum atomic E-state index is 12.5. The van der Waals surface area contributed by atoms with Gasteiger partial charge in [-0.3, -0.25) is 4.18 Å². The molecule has 0 bridgehead atoms. The van der Waals surface area contributed by atoms with Gasteiger partial charge in [-0.25, -0.2) is 0 Å². The summed E-state index contributed by atoms with van der Waals surface area (Å²) in [5, 5.41) is 0. The number of benzene rings is 2. The Labute approximate surface area is 155 Å². The van der Waals surface area contributed by atoms with Crippen LogP contribution in [0.1, 0.15) is 36.5 Å². The van der Waals surface area contributed by atoms with Crippen molar-refractivity contribution < 1.29 is 22.1 Å². The van der Waals surface area contributed by atoms with Crippen LogP contribution >= 0.6 is 0 Å². The summed E-state index contributed by atoms with van der Waals surface area (Å²) in [6, 6.07) is 16.1. The van der Waals surface area contributed by atoms with Crippen LogP contribution in [-0.2, 0) is 23.8 Å². The zero-order valence-corrected chi connectivity index (χ0v) is 15.7. The van der Waals surface area contributed by atoms with Crippen molar-refractivity contribution in [2.75, 3.05) is 13.2 Å². The van der Waals surface area contributed by atoms with E-state index >= 15 is 0 Å². The van der Waals surface area contributed by atoms with Gasteiger partial charge in [0, 0.05) is 6.61 Å². The van der Waals surface area contributed by atoms with Gasteiger partial charge in [-0.05, 0) is 43.9 Å². The Kier molecular flexibility index (Phi) is 6.43. The molecule has 3 rings (SSSR count). The Balaban J connectivity index is 1.71. The first-order chi connectivity index (χ1) is 12.5. The van der Waals surface area contributed by atoms with E-state index in [0.29, 0.717) is 6.61 Å². The summed E-state index contributed by atoms with van der Waals surface area (Å²) in [4.78, 5) is 0.142. The van der Waals surface area contributed by atoms with Crippen molar-refractivity contribution in [3.63, 3.8) is 0 Å². The minimum Gasteiger partial charge on any atom is -0.353 e. The zero-order valence-electron chi connectivity index (χ0n) is 14.8. The zero-order chi connectivity index (χ0) is 18.4. The van der Waals surface area contributed by atoms with Gasteiger partial charge in [0.1, 0.15) is 6.10 Å². The van der Waals surface area contributed by atoms with Gasteiger partial charge in [-0.1, -0.05) is 48.0 Å². The molecule has 0 aliphatic carbocycles. The highest BCUT2D eigenvalue weighted by Crippen LogP contribution is 2.26. The van der Waals surface area contributed by atoms with Gasteiger partial charge in [0.2, 0.25) is 0 Å². The fraction of sp³-hybridized carbons (Fsp3) is 0.400. The first kappa shape index (κ1) is 19.0. The van der Waals surface area contributed by atoms with E-state index in [1.165, 1.54) is 0 Å². The Morgan fingerprint density at radius 3 is 2.46 bits per heavy atom. The van der Waals surface area contributed by atoms with Crippen LogP contribution in [0.25, 0.3) is 0 Å². The van der Waals surface area contributed by atoms with Crippen LogP contribution in [0.5, 0.6) is 0 Å². The van der Waals surface area contributed by atoms with E-state index in [1.54, 1.807) is 24.3 Å². The van der Waals surface area contributed by atoms with Gasteiger partial charge < -0.3 is 9.47 Å². The SMILES string of the molecule is Cc1ccc(S(=O)(=O)OC[C@@H](OC2CCCCO2)c2ccccc2)cc1. The van der Waals surface area contributed by atoms with E-state index in [0.717, 1.165) is 30.4 Å². The van der Waals surface area contributed by atoms with E-state index in [-0.39, 0.29) is 17.8 Å². The van der Waals surface area contributed by atoms with Crippen LogP contribution in [0.15, 0.2) is 59.5 Å². The maximum absolute atomic E-state index is 12.5. The summed E-state index contributed by atoms with van der Waals surface area (Å²) in [7, 11) is -3.84. The van der Waals surface area contributed by atoms with Crippen molar-refractivity contribution in [2.24, 2.45) is 0 Å². The molecule has 1 aliphatic rings. The van der Waals surface area contributed by atoms with Crippen LogP contribution in [0.3, 0.4) is 0 Å². The van der Waals surface area contributed by atoms with Gasteiger partial charge in [0.15, 0.2) is 6.29 Å². The molecule has 1 fully saturated rings. The minimum absolute atomic E-state index is 0.0971. The number of hydrogen-bond acceptors (Lipinski definition) is 5. The predicted octanol–water partition coefficient (Wildman–Crippen LogP) is 3.98. The summed E-state index contributed by atoms with van der Waals surface area (Å²) in [5.41, 5.74) is 1.85. The largest absolute Gasteiger partial charge is 0.353 e. The molecule has 1 unspecified atom stereocenters. The topological polar surface area (TPSA) is 61.8 Å². The molecule has 2 aromatic rings. The van der Waals surface area contributed by atoms with E-state index in [1.807, 2.05) is 37.3 Å². The molecule has 2 atom stereocenters. The standard InChI is InChI=1S/C20H24O5S/c1-16-10-12-18(13-11-16)26(21,22)24-15-19(17-7-3-2-4-8-17)25-20-9-5-6-14-23-20/h2-4,7-8,10-13,19-20H,5-6,9,14-15H2,1H3/t19-,20?/m1/s1. The van der Waals surface area contributed by atoms with E-state index < -0.39 is 16.2 Å². The van der Waals surface area contributed by atoms with Crippen LogP contribution in [-0.4, -0.2) is 27.9 Å². The monoisotopic (exact) mass is 376 g/mol. The normalized spacial score (nSPS) is 19.2. The van der Waals surface area contributed by atoms with Gasteiger partial charge in [-0.2, -0.15) is 8.42 Å². The second-order valence-electron chi connectivity index (χ2n) is 6.38. The molecule has 140 valence electrons. The molecule has 0 radical (unpaired) electrons. The molecule has 6 heteroatoms. The second-order valence-corrected chi connectivity index (χ2v) is 8.00. The van der Waals surface area contributed by atoms with E-state index in [4.69, 9.17) is 13.7 Å². The van der Waals surface area contributed by atoms with Crippen molar-refractivity contribution in [3.8, 4) is 0 Å². The molecule has 0 amide bonds. The molecule has 0 N–H and O–H groups in total. The Morgan fingerprint density at radius 1 is 1.08 bits per heavy atom. The molecule has 1 heterocycles. The molecule has 1 saturated heterocycles. The summed E-state index contributed by atoms with van der Waals surface area (Å²) >= 11 is 0. The molecule has 1 aliphatic heterocycles. The number of hydrogen-bond donors (Lipinski definition) is 0. The molecule has 0 aromatic heterocycles. The van der Waals surface area contributed by atoms with Gasteiger partial charge in [-0.15, -0.1) is 0 Å². The molecule has 0 spiro atoms. The van der Waals surface area contributed by atoms with Crippen LogP contribution in [0.4, 0.5) is 0 Å². The lowest BCUT2D eigenvalue weighted by Crippen LogP contribution is -2.27. The second kappa shape index (κ2) is 8.77. The first-order valence-electron chi connectivity index (χ1n) is 8.83. The molecule has 0 saturated carbocycles. The van der Waals surface area contributed by atoms with Crippen LogP contribution in [0, 0.1) is 6.92 Å². The maximum Gasteiger partial charge on any atom is 0.297 e. The molecular formula is C20H24O5S. The molecule has 26 heavy (non-hydrogen) atoms. The van der Waals surface area contributed by atoms with E-state index in [9.17, 15) is 8.42 Å². The third-order valence-corrected chi connectivity index (χ3v) is 5.61. The average Bonchev–Trinajstić information content (AvgIpc) is 2.67. The van der Waals surface area contributed by atoms with Crippen molar-refractivity contribution in [2.45, 2.75) is 43.5 Å². The first-order valence-corrected chi connectivity index (χ1v) is 10.2. The summed E-state index contributed by atoms with van der Waals surface area (Å²) < 4.78 is 41.9. The van der Waals surface area contributed by atoms with Crippen molar-refractivity contribution in [3.05, 3.63) is 65.7 Å². The molecular weight excluding hydrogens is 352 g/mol. The number of aryl methyl sites for hydroxylation is 1. The summed E-state index contributed by atoms with van der Waals surface area (Å²) in [6.45, 7) is 2.47. The van der Waals surface area contributed by atoms with Crippen LogP contribution < -0.4 is 0 Å². The molecule has 2 aromatic carbocycles. The lowest BCUT2D eigenvalue weighted by Gasteiger charge is -2.27. The predicted molar refractivity (Wildman–Crippen MR) is 98.2 cm³/mol. The highest BCUT2D eigenvalue weighted by Gasteiger charge is 2.24. The van der Waals surface area contributed by atoms with Crippen LogP contribution in [0.2, 0.25) is 0 Å². The third kappa shape index (κ3) is 5.14. The third-order valence-electron chi connectivity index (χ3n) is 4.31. The lowest BCUT2D eigenvalue weighted by molar-refractivity contribution is -0.195.